The van der Waals surface area contributed by atoms with Crippen LogP contribution >= 0.6 is 15.9 Å². The number of benzene rings is 2. The van der Waals surface area contributed by atoms with Crippen molar-refractivity contribution in [2.45, 2.75) is 25.5 Å². The third-order valence-electron chi connectivity index (χ3n) is 5.84. The number of nitrogens with zero attached hydrogens (tertiary/aromatic N) is 3. The number of ether oxygens (including phenoxy) is 2. The summed E-state index contributed by atoms with van der Waals surface area (Å²) in [7, 11) is 1.68. The maximum Gasteiger partial charge on any atom is 0.118 e. The lowest BCUT2D eigenvalue weighted by Gasteiger charge is -2.18. The summed E-state index contributed by atoms with van der Waals surface area (Å²) < 4.78 is 14.8. The Morgan fingerprint density at radius 2 is 1.84 bits per heavy atom. The van der Waals surface area contributed by atoms with Crippen molar-refractivity contribution in [1.82, 2.24) is 14.5 Å². The molecule has 0 fully saturated rings. The van der Waals surface area contributed by atoms with Crippen LogP contribution in [0.5, 0.6) is 5.75 Å². The van der Waals surface area contributed by atoms with Crippen molar-refractivity contribution in [1.29, 1.82) is 0 Å². The van der Waals surface area contributed by atoms with Gasteiger partial charge in [-0.3, -0.25) is 4.98 Å². The van der Waals surface area contributed by atoms with Crippen molar-refractivity contribution in [2.24, 2.45) is 0 Å². The lowest BCUT2D eigenvalue weighted by atomic mass is 10.0. The lowest BCUT2D eigenvalue weighted by Crippen LogP contribution is -2.13. The summed E-state index contributed by atoms with van der Waals surface area (Å²) in [6.45, 7) is 1.22. The van der Waals surface area contributed by atoms with Gasteiger partial charge in [-0.1, -0.05) is 40.2 Å². The van der Waals surface area contributed by atoms with Crippen LogP contribution in [0, 0.1) is 0 Å². The minimum Gasteiger partial charge on any atom is -0.497 e. The van der Waals surface area contributed by atoms with E-state index in [1.165, 1.54) is 0 Å². The molecule has 0 N–H and O–H groups in total. The first-order valence-electron chi connectivity index (χ1n) is 10.7. The maximum atomic E-state index is 6.15. The fraction of sp³-hybridized carbons (Fsp3) is 0.231. The molecule has 5 rings (SSSR count). The van der Waals surface area contributed by atoms with Gasteiger partial charge in [0.1, 0.15) is 11.6 Å². The molecule has 1 aliphatic rings. The predicted octanol–water partition coefficient (Wildman–Crippen LogP) is 6.09. The second kappa shape index (κ2) is 9.27. The number of fused-ring (bicyclic) bond motifs is 1. The van der Waals surface area contributed by atoms with E-state index in [4.69, 9.17) is 14.5 Å². The van der Waals surface area contributed by atoms with Gasteiger partial charge in [-0.05, 0) is 48.4 Å². The monoisotopic (exact) mass is 489 g/mol. The number of hydrogen-bond acceptors (Lipinski definition) is 4. The van der Waals surface area contributed by atoms with Crippen molar-refractivity contribution in [2.75, 3.05) is 13.7 Å². The first-order chi connectivity index (χ1) is 15.7. The van der Waals surface area contributed by atoms with Gasteiger partial charge in [-0.15, -0.1) is 0 Å². The third kappa shape index (κ3) is 4.20. The van der Waals surface area contributed by atoms with Gasteiger partial charge < -0.3 is 14.0 Å². The Hall–Kier alpha value is -2.96. The minimum absolute atomic E-state index is 0.250. The van der Waals surface area contributed by atoms with Gasteiger partial charge in [0.2, 0.25) is 0 Å². The van der Waals surface area contributed by atoms with Crippen molar-refractivity contribution in [3.05, 3.63) is 88.9 Å². The Balaban J connectivity index is 1.43. The second-order valence-electron chi connectivity index (χ2n) is 7.90. The number of pyridine rings is 1. The topological polar surface area (TPSA) is 49.2 Å². The Morgan fingerprint density at radius 3 is 2.59 bits per heavy atom. The molecule has 5 nitrogen and oxygen atoms in total. The fourth-order valence-corrected chi connectivity index (χ4v) is 4.69. The molecule has 0 spiro atoms. The van der Waals surface area contributed by atoms with Crippen molar-refractivity contribution < 1.29 is 9.47 Å². The van der Waals surface area contributed by atoms with Crippen molar-refractivity contribution >= 4 is 15.9 Å². The molecule has 1 aliphatic heterocycles. The summed E-state index contributed by atoms with van der Waals surface area (Å²) in [6.07, 6.45) is 5.65. The molecule has 0 unspecified atom stereocenters. The second-order valence-corrected chi connectivity index (χ2v) is 8.81. The van der Waals surface area contributed by atoms with Gasteiger partial charge in [0.15, 0.2) is 0 Å². The van der Waals surface area contributed by atoms with Crippen LogP contribution in [-0.2, 0) is 17.8 Å². The van der Waals surface area contributed by atoms with Crippen LogP contribution < -0.4 is 4.74 Å². The van der Waals surface area contributed by atoms with E-state index in [0.29, 0.717) is 13.2 Å². The van der Waals surface area contributed by atoms with E-state index >= 15 is 0 Å². The van der Waals surface area contributed by atoms with Crippen LogP contribution in [0.25, 0.3) is 22.5 Å². The number of aromatic nitrogens is 3. The average molecular weight is 490 g/mol. The molecule has 0 saturated carbocycles. The number of halogens is 1. The Bertz CT molecular complexity index is 1210. The molecule has 0 saturated heterocycles. The first-order valence-corrected chi connectivity index (χ1v) is 11.5. The highest BCUT2D eigenvalue weighted by molar-refractivity contribution is 9.10. The zero-order valence-corrected chi connectivity index (χ0v) is 19.5. The zero-order valence-electron chi connectivity index (χ0n) is 17.9. The fourth-order valence-electron chi connectivity index (χ4n) is 4.29. The molecule has 0 aliphatic carbocycles. The summed E-state index contributed by atoms with van der Waals surface area (Å²) in [4.78, 5) is 9.28. The SMILES string of the molecule is COc1ccc(COC[C@@H]2CCc3nc(-c4cccc(Br)c4)c(-c4ccncc4)n32)cc1. The standard InChI is InChI=1S/C26H24BrN3O2/c1-31-23-8-5-18(6-9-23)16-32-17-22-7-10-24-29-25(20-3-2-4-21(27)15-20)26(30(22)24)19-11-13-28-14-12-19/h2-6,8-9,11-15,22H,7,10,16-17H2,1H3/t22-/m0/s1. The predicted molar refractivity (Wildman–Crippen MR) is 129 cm³/mol. The lowest BCUT2D eigenvalue weighted by molar-refractivity contribution is 0.0925. The van der Waals surface area contributed by atoms with E-state index < -0.39 is 0 Å². The number of methoxy groups -OCH3 is 1. The molecule has 1 atom stereocenters. The van der Waals surface area contributed by atoms with Crippen LogP contribution in [0.2, 0.25) is 0 Å². The van der Waals surface area contributed by atoms with E-state index in [0.717, 1.165) is 57.0 Å². The molecular weight excluding hydrogens is 466 g/mol. The Labute approximate surface area is 196 Å². The van der Waals surface area contributed by atoms with Crippen LogP contribution in [0.4, 0.5) is 0 Å². The van der Waals surface area contributed by atoms with Crippen LogP contribution in [0.15, 0.2) is 77.5 Å². The smallest absolute Gasteiger partial charge is 0.118 e. The largest absolute Gasteiger partial charge is 0.497 e. The zero-order chi connectivity index (χ0) is 21.9. The summed E-state index contributed by atoms with van der Waals surface area (Å²) in [6, 6.07) is 20.7. The summed E-state index contributed by atoms with van der Waals surface area (Å²) in [5, 5.41) is 0. The first kappa shape index (κ1) is 20.9. The number of aryl methyl sites for hydroxylation is 1. The molecule has 0 radical (unpaired) electrons. The van der Waals surface area contributed by atoms with Gasteiger partial charge in [0.25, 0.3) is 0 Å². The number of hydrogen-bond donors (Lipinski definition) is 0. The van der Waals surface area contributed by atoms with Crippen molar-refractivity contribution in [3.8, 4) is 28.3 Å². The van der Waals surface area contributed by atoms with E-state index in [-0.39, 0.29) is 6.04 Å². The van der Waals surface area contributed by atoms with Gasteiger partial charge in [0.05, 0.1) is 37.8 Å². The summed E-state index contributed by atoms with van der Waals surface area (Å²) in [5.74, 6) is 1.97. The molecule has 0 amide bonds. The van der Waals surface area contributed by atoms with Crippen LogP contribution in [0.3, 0.4) is 0 Å². The number of rotatable bonds is 7. The molecule has 2 aromatic heterocycles. The molecule has 32 heavy (non-hydrogen) atoms. The normalized spacial score (nSPS) is 15.0. The van der Waals surface area contributed by atoms with E-state index in [2.05, 4.69) is 55.8 Å². The highest BCUT2D eigenvalue weighted by Crippen LogP contribution is 2.40. The highest BCUT2D eigenvalue weighted by atomic mass is 79.9. The summed E-state index contributed by atoms with van der Waals surface area (Å²) >= 11 is 3.60. The average Bonchev–Trinajstić information content (AvgIpc) is 3.40. The van der Waals surface area contributed by atoms with Crippen molar-refractivity contribution in [3.63, 3.8) is 0 Å². The van der Waals surface area contributed by atoms with E-state index in [1.807, 2.05) is 42.7 Å². The quantitative estimate of drug-likeness (QED) is 0.315. The van der Waals surface area contributed by atoms with E-state index in [1.54, 1.807) is 7.11 Å². The molecular formula is C26H24BrN3O2. The van der Waals surface area contributed by atoms with Crippen LogP contribution in [0.1, 0.15) is 23.9 Å². The molecule has 0 bridgehead atoms. The highest BCUT2D eigenvalue weighted by Gasteiger charge is 2.30. The molecule has 2 aromatic carbocycles. The van der Waals surface area contributed by atoms with Gasteiger partial charge >= 0.3 is 0 Å². The molecule has 6 heteroatoms. The Morgan fingerprint density at radius 1 is 1.03 bits per heavy atom. The van der Waals surface area contributed by atoms with Gasteiger partial charge in [-0.2, -0.15) is 0 Å². The number of imidazole rings is 1. The Kier molecular flexibility index (Phi) is 6.06. The third-order valence-corrected chi connectivity index (χ3v) is 6.33. The minimum atomic E-state index is 0.250. The molecule has 162 valence electrons. The van der Waals surface area contributed by atoms with E-state index in [9.17, 15) is 0 Å². The molecule has 4 aromatic rings. The molecule has 3 heterocycles. The van der Waals surface area contributed by atoms with Gasteiger partial charge in [0, 0.05) is 34.4 Å². The maximum absolute atomic E-state index is 6.15. The summed E-state index contributed by atoms with van der Waals surface area (Å²) in [5.41, 5.74) is 5.50. The van der Waals surface area contributed by atoms with Crippen LogP contribution in [-0.4, -0.2) is 28.3 Å². The van der Waals surface area contributed by atoms with Gasteiger partial charge in [-0.25, -0.2) is 4.98 Å².